The standard InChI is InChI=1S/C25H26F4N6O3S/c26-14-10-15(13-30-12-14)33-25-32-9-7-19(34-25)17-6-3-8-31-24(17)38-20-11-18(27)23(22(29)21(20)28)35-39(36,37)16-4-1-2-5-16/h3,6-9,11,14-16,30,35H,1-2,4-5,10,12-13H2,(H,32,33,34)/t14-,15?/m0/s1. The van der Waals surface area contributed by atoms with Crippen LogP contribution in [0.1, 0.15) is 32.1 Å². The van der Waals surface area contributed by atoms with Crippen LogP contribution in [0, 0.1) is 17.5 Å². The molecular formula is C25H26F4N6O3S. The van der Waals surface area contributed by atoms with Gasteiger partial charge in [0, 0.05) is 44.0 Å². The largest absolute Gasteiger partial charge is 0.435 e. The highest BCUT2D eigenvalue weighted by molar-refractivity contribution is 7.93. The van der Waals surface area contributed by atoms with E-state index in [1.165, 1.54) is 18.5 Å². The van der Waals surface area contributed by atoms with Gasteiger partial charge < -0.3 is 15.4 Å². The summed E-state index contributed by atoms with van der Waals surface area (Å²) in [6.07, 6.45) is 4.16. The Balaban J connectivity index is 1.39. The maximum absolute atomic E-state index is 15.0. The van der Waals surface area contributed by atoms with Gasteiger partial charge in [0.1, 0.15) is 11.9 Å². The van der Waals surface area contributed by atoms with Crippen molar-refractivity contribution in [2.75, 3.05) is 23.1 Å². The topological polar surface area (TPSA) is 118 Å². The first kappa shape index (κ1) is 27.1. The molecule has 2 fully saturated rings. The summed E-state index contributed by atoms with van der Waals surface area (Å²) in [5.74, 6) is -5.49. The van der Waals surface area contributed by atoms with Gasteiger partial charge >= 0.3 is 0 Å². The molecule has 39 heavy (non-hydrogen) atoms. The average Bonchev–Trinajstić information content (AvgIpc) is 3.47. The predicted molar refractivity (Wildman–Crippen MR) is 136 cm³/mol. The van der Waals surface area contributed by atoms with Gasteiger partial charge in [-0.15, -0.1) is 0 Å². The van der Waals surface area contributed by atoms with Crippen molar-refractivity contribution in [2.45, 2.75) is 49.6 Å². The number of anilines is 2. The van der Waals surface area contributed by atoms with E-state index >= 15 is 0 Å². The summed E-state index contributed by atoms with van der Waals surface area (Å²) in [6, 6.07) is 4.97. The number of hydrogen-bond donors (Lipinski definition) is 3. The molecule has 3 heterocycles. The highest BCUT2D eigenvalue weighted by Gasteiger charge is 2.32. The summed E-state index contributed by atoms with van der Waals surface area (Å²) in [7, 11) is -4.10. The number of alkyl halides is 1. The van der Waals surface area contributed by atoms with Crippen molar-refractivity contribution in [1.29, 1.82) is 0 Å². The lowest BCUT2D eigenvalue weighted by molar-refractivity contribution is 0.254. The third-order valence-corrected chi connectivity index (χ3v) is 8.49. The van der Waals surface area contributed by atoms with Crippen molar-refractivity contribution in [3.63, 3.8) is 0 Å². The van der Waals surface area contributed by atoms with Crippen molar-refractivity contribution >= 4 is 21.7 Å². The Morgan fingerprint density at radius 2 is 1.82 bits per heavy atom. The zero-order valence-corrected chi connectivity index (χ0v) is 21.4. The van der Waals surface area contributed by atoms with Crippen LogP contribution in [0.5, 0.6) is 11.6 Å². The van der Waals surface area contributed by atoms with Crippen molar-refractivity contribution < 1.29 is 30.7 Å². The third-order valence-electron chi connectivity index (χ3n) is 6.65. The van der Waals surface area contributed by atoms with E-state index in [1.54, 1.807) is 12.1 Å². The fourth-order valence-electron chi connectivity index (χ4n) is 4.70. The Morgan fingerprint density at radius 3 is 2.59 bits per heavy atom. The first-order valence-electron chi connectivity index (χ1n) is 12.5. The van der Waals surface area contributed by atoms with Crippen molar-refractivity contribution in [2.24, 2.45) is 0 Å². The molecule has 208 valence electrons. The number of nitrogens with one attached hydrogen (secondary N) is 3. The fraction of sp³-hybridized carbons (Fsp3) is 0.400. The lowest BCUT2D eigenvalue weighted by Crippen LogP contribution is -2.44. The molecule has 14 heteroatoms. The van der Waals surface area contributed by atoms with Gasteiger partial charge in [0.05, 0.1) is 16.5 Å². The van der Waals surface area contributed by atoms with E-state index in [0.717, 1.165) is 0 Å². The van der Waals surface area contributed by atoms with Gasteiger partial charge in [0.15, 0.2) is 17.4 Å². The van der Waals surface area contributed by atoms with Crippen LogP contribution in [0.3, 0.4) is 0 Å². The molecule has 0 amide bonds. The molecule has 9 nitrogen and oxygen atoms in total. The summed E-state index contributed by atoms with van der Waals surface area (Å²) in [5.41, 5.74) is -0.537. The second-order valence-electron chi connectivity index (χ2n) is 9.47. The van der Waals surface area contributed by atoms with Gasteiger partial charge in [0.25, 0.3) is 0 Å². The average molecular weight is 567 g/mol. The van der Waals surface area contributed by atoms with Crippen molar-refractivity contribution in [3.8, 4) is 22.9 Å². The van der Waals surface area contributed by atoms with E-state index in [4.69, 9.17) is 4.74 Å². The molecule has 1 aromatic carbocycles. The van der Waals surface area contributed by atoms with Crippen LogP contribution in [0.15, 0.2) is 36.7 Å². The Bertz CT molecular complexity index is 1460. The molecule has 3 N–H and O–H groups in total. The number of rotatable bonds is 8. The summed E-state index contributed by atoms with van der Waals surface area (Å²) in [5, 5.41) is 5.23. The predicted octanol–water partition coefficient (Wildman–Crippen LogP) is 4.54. The molecule has 1 saturated carbocycles. The van der Waals surface area contributed by atoms with E-state index in [9.17, 15) is 26.0 Å². The zero-order chi connectivity index (χ0) is 27.6. The van der Waals surface area contributed by atoms with E-state index in [-0.39, 0.29) is 36.4 Å². The molecule has 5 rings (SSSR count). The zero-order valence-electron chi connectivity index (χ0n) is 20.6. The van der Waals surface area contributed by atoms with Crippen LogP contribution in [0.4, 0.5) is 29.2 Å². The second-order valence-corrected chi connectivity index (χ2v) is 11.4. The highest BCUT2D eigenvalue weighted by Crippen LogP contribution is 2.36. The third kappa shape index (κ3) is 6.06. The van der Waals surface area contributed by atoms with Gasteiger partial charge in [-0.3, -0.25) is 4.72 Å². The van der Waals surface area contributed by atoms with Crippen LogP contribution in [-0.4, -0.2) is 53.9 Å². The lowest BCUT2D eigenvalue weighted by atomic mass is 10.1. The quantitative estimate of drug-likeness (QED) is 0.269. The van der Waals surface area contributed by atoms with Gasteiger partial charge in [-0.2, -0.15) is 4.39 Å². The van der Waals surface area contributed by atoms with E-state index in [2.05, 4.69) is 25.6 Å². The van der Waals surface area contributed by atoms with Gasteiger partial charge in [-0.25, -0.2) is 36.5 Å². The van der Waals surface area contributed by atoms with E-state index in [1.807, 2.05) is 4.72 Å². The normalized spacial score (nSPS) is 20.1. The Hall–Kier alpha value is -3.52. The lowest BCUT2D eigenvalue weighted by Gasteiger charge is -2.26. The maximum atomic E-state index is 15.0. The fourth-order valence-corrected chi connectivity index (χ4v) is 6.29. The molecule has 1 aliphatic carbocycles. The molecule has 1 aliphatic heterocycles. The Morgan fingerprint density at radius 1 is 1.03 bits per heavy atom. The van der Waals surface area contributed by atoms with Crippen LogP contribution in [0.25, 0.3) is 11.3 Å². The SMILES string of the molecule is O=S(=O)(Nc1c(F)cc(Oc2ncccc2-c2ccnc(NC3CNC[C@@H](F)C3)n2)c(F)c1F)C1CCCC1. The molecule has 1 unspecified atom stereocenters. The summed E-state index contributed by atoms with van der Waals surface area (Å²) in [4.78, 5) is 12.6. The number of benzene rings is 1. The van der Waals surface area contributed by atoms with Gasteiger partial charge in [-0.05, 0) is 31.0 Å². The van der Waals surface area contributed by atoms with Gasteiger partial charge in [0.2, 0.25) is 27.7 Å². The minimum absolute atomic E-state index is 0.206. The second kappa shape index (κ2) is 11.3. The minimum atomic E-state index is -4.10. The summed E-state index contributed by atoms with van der Waals surface area (Å²) < 4.78 is 90.8. The minimum Gasteiger partial charge on any atom is -0.435 e. The number of ether oxygens (including phenoxy) is 1. The first-order valence-corrected chi connectivity index (χ1v) is 14.0. The van der Waals surface area contributed by atoms with Crippen LogP contribution in [0.2, 0.25) is 0 Å². The molecular weight excluding hydrogens is 540 g/mol. The number of pyridine rings is 1. The number of piperidine rings is 1. The maximum Gasteiger partial charge on any atom is 0.235 e. The van der Waals surface area contributed by atoms with Crippen molar-refractivity contribution in [3.05, 3.63) is 54.1 Å². The Kier molecular flexibility index (Phi) is 7.84. The molecule has 2 atom stereocenters. The smallest absolute Gasteiger partial charge is 0.235 e. The van der Waals surface area contributed by atoms with Crippen LogP contribution in [-0.2, 0) is 10.0 Å². The number of aromatic nitrogens is 3. The molecule has 0 radical (unpaired) electrons. The summed E-state index contributed by atoms with van der Waals surface area (Å²) in [6.45, 7) is 0.805. The van der Waals surface area contributed by atoms with Crippen LogP contribution >= 0.6 is 0 Å². The monoisotopic (exact) mass is 566 g/mol. The first-order chi connectivity index (χ1) is 18.7. The van der Waals surface area contributed by atoms with Crippen LogP contribution < -0.4 is 20.1 Å². The molecule has 2 aromatic heterocycles. The molecule has 0 spiro atoms. The van der Waals surface area contributed by atoms with Gasteiger partial charge in [-0.1, -0.05) is 12.8 Å². The molecule has 2 aliphatic rings. The number of halogens is 4. The molecule has 3 aromatic rings. The Labute approximate surface area is 222 Å². The number of hydrogen-bond acceptors (Lipinski definition) is 8. The highest BCUT2D eigenvalue weighted by atomic mass is 32.2. The molecule has 1 saturated heterocycles. The number of sulfonamides is 1. The summed E-state index contributed by atoms with van der Waals surface area (Å²) >= 11 is 0. The molecule has 0 bridgehead atoms. The van der Waals surface area contributed by atoms with E-state index < -0.39 is 50.3 Å². The number of nitrogens with zero attached hydrogens (tertiary/aromatic N) is 3. The van der Waals surface area contributed by atoms with E-state index in [0.29, 0.717) is 44.0 Å². The van der Waals surface area contributed by atoms with Crippen molar-refractivity contribution in [1.82, 2.24) is 20.3 Å².